The van der Waals surface area contributed by atoms with Crippen LogP contribution in [-0.2, 0) is 9.53 Å². The lowest BCUT2D eigenvalue weighted by Gasteiger charge is -2.34. The number of hydrogen-bond acceptors (Lipinski definition) is 4. The molecule has 0 bridgehead atoms. The van der Waals surface area contributed by atoms with Gasteiger partial charge in [0.15, 0.2) is 0 Å². The first-order chi connectivity index (χ1) is 9.31. The molecule has 1 fully saturated rings. The average molecular weight is 285 g/mol. The van der Waals surface area contributed by atoms with Crippen LogP contribution in [0.1, 0.15) is 40.0 Å². The first kappa shape index (κ1) is 16.8. The maximum atomic E-state index is 12.0. The highest BCUT2D eigenvalue weighted by Crippen LogP contribution is 2.15. The van der Waals surface area contributed by atoms with Gasteiger partial charge in [-0.2, -0.15) is 0 Å². The summed E-state index contributed by atoms with van der Waals surface area (Å²) in [6, 6.07) is 0.237. The van der Waals surface area contributed by atoms with E-state index in [0.717, 1.165) is 19.4 Å². The number of ether oxygens (including phenoxy) is 1. The van der Waals surface area contributed by atoms with E-state index < -0.39 is 5.60 Å². The topological polar surface area (TPSA) is 70.7 Å². The Morgan fingerprint density at radius 2 is 2.05 bits per heavy atom. The molecule has 0 aromatic rings. The molecule has 1 heterocycles. The quantitative estimate of drug-likeness (QED) is 0.812. The van der Waals surface area contributed by atoms with Gasteiger partial charge in [0.2, 0.25) is 5.91 Å². The fourth-order valence-corrected chi connectivity index (χ4v) is 2.15. The minimum Gasteiger partial charge on any atom is -0.444 e. The Morgan fingerprint density at radius 3 is 2.65 bits per heavy atom. The summed E-state index contributed by atoms with van der Waals surface area (Å²) in [5, 5.41) is 5.92. The molecule has 1 rings (SSSR count). The zero-order valence-corrected chi connectivity index (χ0v) is 13.0. The van der Waals surface area contributed by atoms with E-state index in [9.17, 15) is 9.59 Å². The lowest BCUT2D eigenvalue weighted by Crippen LogP contribution is -2.49. The van der Waals surface area contributed by atoms with Crippen LogP contribution < -0.4 is 10.6 Å². The highest BCUT2D eigenvalue weighted by molar-refractivity contribution is 5.75. The van der Waals surface area contributed by atoms with E-state index in [4.69, 9.17) is 4.74 Å². The van der Waals surface area contributed by atoms with Gasteiger partial charge in [-0.15, -0.1) is 0 Å². The van der Waals surface area contributed by atoms with E-state index in [1.807, 2.05) is 20.8 Å². The summed E-state index contributed by atoms with van der Waals surface area (Å²) >= 11 is 0. The predicted octanol–water partition coefficient (Wildman–Crippen LogP) is 1.11. The third-order valence-corrected chi connectivity index (χ3v) is 3.14. The average Bonchev–Trinajstić information content (AvgIpc) is 2.37. The fourth-order valence-electron chi connectivity index (χ4n) is 2.15. The Kier molecular flexibility index (Phi) is 6.26. The van der Waals surface area contributed by atoms with E-state index >= 15 is 0 Å². The molecule has 20 heavy (non-hydrogen) atoms. The number of amides is 2. The van der Waals surface area contributed by atoms with Crippen LogP contribution in [0.25, 0.3) is 0 Å². The van der Waals surface area contributed by atoms with Crippen LogP contribution in [0.5, 0.6) is 0 Å². The molecule has 0 aromatic heterocycles. The minimum absolute atomic E-state index is 0.0253. The van der Waals surface area contributed by atoms with Crippen LogP contribution >= 0.6 is 0 Å². The van der Waals surface area contributed by atoms with Crippen molar-refractivity contribution in [2.24, 2.45) is 0 Å². The number of carbonyl (C=O) groups excluding carboxylic acids is 2. The molecule has 116 valence electrons. The van der Waals surface area contributed by atoms with Gasteiger partial charge in [0, 0.05) is 39.1 Å². The van der Waals surface area contributed by atoms with Crippen molar-refractivity contribution in [3.8, 4) is 0 Å². The second-order valence-electron chi connectivity index (χ2n) is 6.14. The number of carbonyl (C=O) groups is 2. The molecule has 0 saturated carbocycles. The van der Waals surface area contributed by atoms with Gasteiger partial charge in [0.1, 0.15) is 5.60 Å². The van der Waals surface area contributed by atoms with Crippen LogP contribution in [0, 0.1) is 0 Å². The number of hydrogen-bond donors (Lipinski definition) is 2. The number of piperidine rings is 1. The van der Waals surface area contributed by atoms with Crippen molar-refractivity contribution < 1.29 is 14.3 Å². The van der Waals surface area contributed by atoms with Crippen molar-refractivity contribution in [1.29, 1.82) is 0 Å². The lowest BCUT2D eigenvalue weighted by atomic mass is 10.1. The third kappa shape index (κ3) is 6.23. The van der Waals surface area contributed by atoms with Gasteiger partial charge in [0.25, 0.3) is 0 Å². The minimum atomic E-state index is -0.462. The molecule has 1 aliphatic heterocycles. The summed E-state index contributed by atoms with van der Waals surface area (Å²) < 4.78 is 5.38. The first-order valence-electron chi connectivity index (χ1n) is 7.23. The number of likely N-dealkylation sites (tertiary alicyclic amines) is 1. The van der Waals surface area contributed by atoms with Gasteiger partial charge in [-0.1, -0.05) is 0 Å². The normalized spacial score (nSPS) is 19.6. The van der Waals surface area contributed by atoms with E-state index in [1.165, 1.54) is 0 Å². The Hall–Kier alpha value is -1.30. The van der Waals surface area contributed by atoms with Gasteiger partial charge in [-0.3, -0.25) is 4.79 Å². The van der Waals surface area contributed by atoms with E-state index in [-0.39, 0.29) is 18.0 Å². The molecule has 2 N–H and O–H groups in total. The Bertz CT molecular complexity index is 339. The van der Waals surface area contributed by atoms with Crippen molar-refractivity contribution in [2.75, 3.05) is 26.7 Å². The molecule has 1 atom stereocenters. The molecule has 2 amide bonds. The van der Waals surface area contributed by atoms with Crippen molar-refractivity contribution >= 4 is 12.0 Å². The summed E-state index contributed by atoms with van der Waals surface area (Å²) in [5.41, 5.74) is -0.462. The smallest absolute Gasteiger partial charge is 0.410 e. The summed E-state index contributed by atoms with van der Waals surface area (Å²) in [6.07, 6.45) is 2.18. The molecule has 6 heteroatoms. The predicted molar refractivity (Wildman–Crippen MR) is 77.5 cm³/mol. The van der Waals surface area contributed by atoms with Gasteiger partial charge >= 0.3 is 6.09 Å². The molecular weight excluding hydrogens is 258 g/mol. The van der Waals surface area contributed by atoms with Gasteiger partial charge in [-0.25, -0.2) is 4.79 Å². The van der Waals surface area contributed by atoms with Crippen LogP contribution in [0.4, 0.5) is 4.79 Å². The number of nitrogens with one attached hydrogen (secondary N) is 2. The van der Waals surface area contributed by atoms with E-state index in [2.05, 4.69) is 10.6 Å². The molecule has 1 saturated heterocycles. The first-order valence-corrected chi connectivity index (χ1v) is 7.23. The van der Waals surface area contributed by atoms with Crippen molar-refractivity contribution in [3.63, 3.8) is 0 Å². The molecule has 0 aliphatic carbocycles. The number of nitrogens with zero attached hydrogens (tertiary/aromatic N) is 1. The lowest BCUT2D eigenvalue weighted by molar-refractivity contribution is -0.120. The summed E-state index contributed by atoms with van der Waals surface area (Å²) in [6.45, 7) is 7.62. The summed E-state index contributed by atoms with van der Waals surface area (Å²) in [5.74, 6) is 0.0253. The molecule has 0 aromatic carbocycles. The van der Waals surface area contributed by atoms with Crippen molar-refractivity contribution in [2.45, 2.75) is 51.7 Å². The zero-order chi connectivity index (χ0) is 15.2. The second-order valence-corrected chi connectivity index (χ2v) is 6.14. The molecule has 1 unspecified atom stereocenters. The fraction of sp³-hybridized carbons (Fsp3) is 0.857. The van der Waals surface area contributed by atoms with E-state index in [0.29, 0.717) is 19.5 Å². The molecule has 6 nitrogen and oxygen atoms in total. The largest absolute Gasteiger partial charge is 0.444 e. The van der Waals surface area contributed by atoms with Gasteiger partial charge < -0.3 is 20.3 Å². The standard InChI is InChI=1S/C14H27N3O3/c1-14(2,3)20-13(19)17-9-5-6-11(10-17)16-8-7-12(18)15-4/h11,16H,5-10H2,1-4H3,(H,15,18). The highest BCUT2D eigenvalue weighted by Gasteiger charge is 2.27. The van der Waals surface area contributed by atoms with Crippen molar-refractivity contribution in [1.82, 2.24) is 15.5 Å². The highest BCUT2D eigenvalue weighted by atomic mass is 16.6. The van der Waals surface area contributed by atoms with Crippen LogP contribution in [0.15, 0.2) is 0 Å². The Balaban J connectivity index is 2.35. The number of rotatable bonds is 4. The summed E-state index contributed by atoms with van der Waals surface area (Å²) in [7, 11) is 1.63. The van der Waals surface area contributed by atoms with Crippen molar-refractivity contribution in [3.05, 3.63) is 0 Å². The Morgan fingerprint density at radius 1 is 1.35 bits per heavy atom. The zero-order valence-electron chi connectivity index (χ0n) is 13.0. The molecular formula is C14H27N3O3. The summed E-state index contributed by atoms with van der Waals surface area (Å²) in [4.78, 5) is 24.9. The third-order valence-electron chi connectivity index (χ3n) is 3.14. The monoisotopic (exact) mass is 285 g/mol. The van der Waals surface area contributed by atoms with E-state index in [1.54, 1.807) is 11.9 Å². The maximum absolute atomic E-state index is 12.0. The maximum Gasteiger partial charge on any atom is 0.410 e. The molecule has 1 aliphatic rings. The van der Waals surface area contributed by atoms with Crippen LogP contribution in [0.3, 0.4) is 0 Å². The Labute approximate surface area is 121 Å². The second kappa shape index (κ2) is 7.47. The van der Waals surface area contributed by atoms with Gasteiger partial charge in [-0.05, 0) is 33.6 Å². The van der Waals surface area contributed by atoms with Crippen LogP contribution in [0.2, 0.25) is 0 Å². The molecule has 0 radical (unpaired) electrons. The SMILES string of the molecule is CNC(=O)CCNC1CCCN(C(=O)OC(C)(C)C)C1. The van der Waals surface area contributed by atoms with Gasteiger partial charge in [0.05, 0.1) is 0 Å². The van der Waals surface area contributed by atoms with Crippen LogP contribution in [-0.4, -0.2) is 55.2 Å². The molecule has 0 spiro atoms.